The number of hydrogen-bond donors (Lipinski definition) is 3. The molecule has 1 heterocycles. The van der Waals surface area contributed by atoms with Crippen LogP contribution < -0.4 is 16.0 Å². The van der Waals surface area contributed by atoms with Crippen molar-refractivity contribution >= 4 is 29.1 Å². The maximum atomic E-state index is 12.6. The van der Waals surface area contributed by atoms with E-state index in [2.05, 4.69) is 16.0 Å². The Hall–Kier alpha value is -4.13. The zero-order valence-corrected chi connectivity index (χ0v) is 18.9. The van der Waals surface area contributed by atoms with E-state index in [1.807, 2.05) is 47.4 Å². The van der Waals surface area contributed by atoms with E-state index in [0.29, 0.717) is 29.0 Å². The van der Waals surface area contributed by atoms with Crippen molar-refractivity contribution in [1.29, 1.82) is 0 Å². The Kier molecular flexibility index (Phi) is 7.55. The summed E-state index contributed by atoms with van der Waals surface area (Å²) >= 11 is 0. The maximum absolute atomic E-state index is 12.6. The molecule has 0 atom stereocenters. The van der Waals surface area contributed by atoms with Crippen LogP contribution in [0.4, 0.5) is 11.4 Å². The number of nitrogens with one attached hydrogen (secondary N) is 3. The van der Waals surface area contributed by atoms with Crippen molar-refractivity contribution in [3.8, 4) is 0 Å². The van der Waals surface area contributed by atoms with Gasteiger partial charge in [-0.15, -0.1) is 0 Å². The van der Waals surface area contributed by atoms with Crippen molar-refractivity contribution in [1.82, 2.24) is 10.2 Å². The maximum Gasteiger partial charge on any atom is 0.253 e. The van der Waals surface area contributed by atoms with Gasteiger partial charge in [-0.25, -0.2) is 0 Å². The number of nitrogens with zero attached hydrogens (tertiary/aromatic N) is 1. The summed E-state index contributed by atoms with van der Waals surface area (Å²) in [7, 11) is 0. The number of amides is 3. The van der Waals surface area contributed by atoms with E-state index in [4.69, 9.17) is 0 Å². The summed E-state index contributed by atoms with van der Waals surface area (Å²) in [4.78, 5) is 39.1. The lowest BCUT2D eigenvalue weighted by atomic mass is 10.1. The highest BCUT2D eigenvalue weighted by molar-refractivity contribution is 5.97. The van der Waals surface area contributed by atoms with Crippen LogP contribution in [0.5, 0.6) is 0 Å². The lowest BCUT2D eigenvalue weighted by molar-refractivity contribution is -0.114. The van der Waals surface area contributed by atoms with Gasteiger partial charge in [-0.3, -0.25) is 14.4 Å². The fraction of sp³-hybridized carbons (Fsp3) is 0.222. The second kappa shape index (κ2) is 11.1. The molecular weight excluding hydrogens is 428 g/mol. The van der Waals surface area contributed by atoms with E-state index in [0.717, 1.165) is 31.5 Å². The van der Waals surface area contributed by atoms with Gasteiger partial charge in [-0.05, 0) is 60.9 Å². The van der Waals surface area contributed by atoms with Crippen LogP contribution in [0.15, 0.2) is 78.9 Å². The Bertz CT molecular complexity index is 1140. The van der Waals surface area contributed by atoms with Crippen LogP contribution in [0.1, 0.15) is 39.1 Å². The molecule has 0 aliphatic carbocycles. The van der Waals surface area contributed by atoms with Crippen molar-refractivity contribution in [2.45, 2.75) is 19.4 Å². The normalized spacial score (nSPS) is 12.8. The topological polar surface area (TPSA) is 90.5 Å². The molecule has 0 spiro atoms. The Morgan fingerprint density at radius 2 is 1.50 bits per heavy atom. The highest BCUT2D eigenvalue weighted by Crippen LogP contribution is 2.16. The van der Waals surface area contributed by atoms with E-state index in [1.165, 1.54) is 0 Å². The third kappa shape index (κ3) is 6.22. The molecule has 0 aromatic heterocycles. The van der Waals surface area contributed by atoms with E-state index in [1.54, 1.807) is 36.4 Å². The first-order valence-corrected chi connectivity index (χ1v) is 11.4. The van der Waals surface area contributed by atoms with Gasteiger partial charge < -0.3 is 20.9 Å². The van der Waals surface area contributed by atoms with Gasteiger partial charge in [0.2, 0.25) is 5.91 Å². The van der Waals surface area contributed by atoms with Crippen LogP contribution in [-0.4, -0.2) is 42.3 Å². The number of anilines is 2. The molecule has 1 saturated heterocycles. The highest BCUT2D eigenvalue weighted by Gasteiger charge is 2.19. The molecule has 0 radical (unpaired) electrons. The zero-order chi connectivity index (χ0) is 23.8. The highest BCUT2D eigenvalue weighted by atomic mass is 16.2. The molecule has 174 valence electrons. The first-order chi connectivity index (χ1) is 16.6. The smallest absolute Gasteiger partial charge is 0.253 e. The second-order valence-electron chi connectivity index (χ2n) is 8.23. The molecule has 1 aliphatic heterocycles. The first kappa shape index (κ1) is 23.0. The Morgan fingerprint density at radius 1 is 0.765 bits per heavy atom. The van der Waals surface area contributed by atoms with Gasteiger partial charge in [0, 0.05) is 42.1 Å². The van der Waals surface area contributed by atoms with Crippen molar-refractivity contribution < 1.29 is 14.4 Å². The van der Waals surface area contributed by atoms with Gasteiger partial charge in [0.1, 0.15) is 0 Å². The van der Waals surface area contributed by atoms with Gasteiger partial charge in [0.15, 0.2) is 0 Å². The molecular formula is C27H28N4O3. The fourth-order valence-electron chi connectivity index (χ4n) is 3.84. The molecule has 4 rings (SSSR count). The van der Waals surface area contributed by atoms with Crippen molar-refractivity contribution in [2.75, 3.05) is 30.3 Å². The lowest BCUT2D eigenvalue weighted by Gasteiger charge is -2.16. The average Bonchev–Trinajstić information content (AvgIpc) is 3.42. The predicted octanol–water partition coefficient (Wildman–Crippen LogP) is 3.90. The Labute approximate surface area is 199 Å². The zero-order valence-electron chi connectivity index (χ0n) is 18.9. The molecule has 3 amide bonds. The van der Waals surface area contributed by atoms with Crippen molar-refractivity contribution in [3.63, 3.8) is 0 Å². The predicted molar refractivity (Wildman–Crippen MR) is 133 cm³/mol. The molecule has 3 N–H and O–H groups in total. The summed E-state index contributed by atoms with van der Waals surface area (Å²) in [6.07, 6.45) is 2.09. The summed E-state index contributed by atoms with van der Waals surface area (Å²) in [5.41, 5.74) is 3.48. The number of hydrogen-bond acceptors (Lipinski definition) is 4. The standard InChI is InChI=1S/C27H28N4O3/c32-25(19-28-24-10-6-9-22(17-24)27(34)31-15-4-5-16-31)30-23-13-11-21(12-14-23)26(33)29-18-20-7-2-1-3-8-20/h1-3,6-14,17,28H,4-5,15-16,18-19H2,(H,29,33)(H,30,32). The quantitative estimate of drug-likeness (QED) is 0.480. The average molecular weight is 457 g/mol. The van der Waals surface area contributed by atoms with Crippen LogP contribution in [0, 0.1) is 0 Å². The fourth-order valence-corrected chi connectivity index (χ4v) is 3.84. The molecule has 3 aromatic rings. The van der Waals surface area contributed by atoms with E-state index in [9.17, 15) is 14.4 Å². The van der Waals surface area contributed by atoms with E-state index in [-0.39, 0.29) is 24.3 Å². The summed E-state index contributed by atoms with van der Waals surface area (Å²) in [6, 6.07) is 23.7. The van der Waals surface area contributed by atoms with E-state index < -0.39 is 0 Å². The number of benzene rings is 3. The van der Waals surface area contributed by atoms with Crippen LogP contribution in [-0.2, 0) is 11.3 Å². The first-order valence-electron chi connectivity index (χ1n) is 11.4. The molecule has 3 aromatic carbocycles. The molecule has 1 fully saturated rings. The number of likely N-dealkylation sites (tertiary alicyclic amines) is 1. The van der Waals surface area contributed by atoms with Crippen LogP contribution in [0.3, 0.4) is 0 Å². The van der Waals surface area contributed by atoms with Crippen LogP contribution >= 0.6 is 0 Å². The molecule has 7 heteroatoms. The van der Waals surface area contributed by atoms with Gasteiger partial charge in [0.05, 0.1) is 6.54 Å². The van der Waals surface area contributed by atoms with Crippen molar-refractivity contribution in [3.05, 3.63) is 95.6 Å². The molecule has 0 unspecified atom stereocenters. The third-order valence-corrected chi connectivity index (χ3v) is 5.68. The minimum atomic E-state index is -0.224. The number of carbonyl (C=O) groups is 3. The van der Waals surface area contributed by atoms with E-state index >= 15 is 0 Å². The Morgan fingerprint density at radius 3 is 2.24 bits per heavy atom. The molecule has 7 nitrogen and oxygen atoms in total. The van der Waals surface area contributed by atoms with Crippen LogP contribution in [0.25, 0.3) is 0 Å². The summed E-state index contributed by atoms with van der Waals surface area (Å²) in [6.45, 7) is 2.11. The summed E-state index contributed by atoms with van der Waals surface area (Å²) < 4.78 is 0. The van der Waals surface area contributed by atoms with Gasteiger partial charge in [0.25, 0.3) is 11.8 Å². The number of carbonyl (C=O) groups excluding carboxylic acids is 3. The lowest BCUT2D eigenvalue weighted by Crippen LogP contribution is -2.27. The molecule has 0 bridgehead atoms. The third-order valence-electron chi connectivity index (χ3n) is 5.68. The molecule has 0 saturated carbocycles. The summed E-state index contributed by atoms with van der Waals surface area (Å²) in [5, 5.41) is 8.76. The Balaban J connectivity index is 1.25. The van der Waals surface area contributed by atoms with Gasteiger partial charge in [-0.2, -0.15) is 0 Å². The summed E-state index contributed by atoms with van der Waals surface area (Å²) in [5.74, 6) is -0.372. The SMILES string of the molecule is O=C(CNc1cccc(C(=O)N2CCCC2)c1)Nc1ccc(C(=O)NCc2ccccc2)cc1. The molecule has 34 heavy (non-hydrogen) atoms. The molecule has 1 aliphatic rings. The second-order valence-corrected chi connectivity index (χ2v) is 8.23. The van der Waals surface area contributed by atoms with Crippen LogP contribution in [0.2, 0.25) is 0 Å². The van der Waals surface area contributed by atoms with Gasteiger partial charge >= 0.3 is 0 Å². The number of rotatable bonds is 8. The van der Waals surface area contributed by atoms with Gasteiger partial charge in [-0.1, -0.05) is 36.4 Å². The largest absolute Gasteiger partial charge is 0.376 e. The minimum Gasteiger partial charge on any atom is -0.376 e. The van der Waals surface area contributed by atoms with Crippen molar-refractivity contribution in [2.24, 2.45) is 0 Å². The minimum absolute atomic E-state index is 0.0264. The monoisotopic (exact) mass is 456 g/mol.